The van der Waals surface area contributed by atoms with Gasteiger partial charge in [0.2, 0.25) is 0 Å². The Morgan fingerprint density at radius 3 is 2.40 bits per heavy atom. The van der Waals surface area contributed by atoms with Crippen LogP contribution < -0.4 is 10.6 Å². The maximum atomic E-state index is 4.29. The Morgan fingerprint density at radius 1 is 1.10 bits per heavy atom. The predicted octanol–water partition coefficient (Wildman–Crippen LogP) is 2.22. The number of nitrogens with zero attached hydrogens (tertiary/aromatic N) is 4. The first-order chi connectivity index (χ1) is 9.70. The molecule has 2 aromatic rings. The number of anilines is 2. The van der Waals surface area contributed by atoms with Gasteiger partial charge in [0.1, 0.15) is 18.0 Å². The van der Waals surface area contributed by atoms with Gasteiger partial charge in [0, 0.05) is 24.8 Å². The molecule has 2 rings (SSSR count). The number of rotatable bonds is 7. The second-order valence-electron chi connectivity index (χ2n) is 4.83. The van der Waals surface area contributed by atoms with E-state index in [1.807, 2.05) is 30.9 Å². The van der Waals surface area contributed by atoms with E-state index >= 15 is 0 Å². The summed E-state index contributed by atoms with van der Waals surface area (Å²) in [5, 5.41) is 10.9. The molecule has 0 radical (unpaired) electrons. The number of nitrogens with one attached hydrogen (secondary N) is 2. The summed E-state index contributed by atoms with van der Waals surface area (Å²) in [5.41, 5.74) is 2.23. The Labute approximate surface area is 119 Å². The van der Waals surface area contributed by atoms with Gasteiger partial charge >= 0.3 is 0 Å². The summed E-state index contributed by atoms with van der Waals surface area (Å²) in [5.74, 6) is 1.78. The van der Waals surface area contributed by atoms with Crippen molar-refractivity contribution in [2.24, 2.45) is 0 Å². The number of aromatic nitrogens is 4. The van der Waals surface area contributed by atoms with E-state index in [2.05, 4.69) is 32.6 Å². The molecule has 2 heterocycles. The molecule has 108 valence electrons. The van der Waals surface area contributed by atoms with Crippen molar-refractivity contribution >= 4 is 11.6 Å². The smallest absolute Gasteiger partial charge is 0.134 e. The van der Waals surface area contributed by atoms with Crippen LogP contribution in [0.25, 0.3) is 0 Å². The zero-order valence-corrected chi connectivity index (χ0v) is 12.3. The number of hydrogen-bond acceptors (Lipinski definition) is 5. The third-order valence-electron chi connectivity index (χ3n) is 3.02. The van der Waals surface area contributed by atoms with Crippen LogP contribution in [-0.4, -0.2) is 32.8 Å². The number of hydrogen-bond donors (Lipinski definition) is 2. The van der Waals surface area contributed by atoms with Gasteiger partial charge in [-0.15, -0.1) is 0 Å². The highest BCUT2D eigenvalue weighted by Gasteiger charge is 2.05. The topological polar surface area (TPSA) is 67.7 Å². The van der Waals surface area contributed by atoms with Crippen molar-refractivity contribution in [2.75, 3.05) is 23.7 Å². The van der Waals surface area contributed by atoms with Crippen LogP contribution in [-0.2, 0) is 6.54 Å². The van der Waals surface area contributed by atoms with Crippen molar-refractivity contribution in [3.63, 3.8) is 0 Å². The van der Waals surface area contributed by atoms with Crippen molar-refractivity contribution in [2.45, 2.75) is 33.7 Å². The Kier molecular flexibility index (Phi) is 4.92. The van der Waals surface area contributed by atoms with Gasteiger partial charge in [0.25, 0.3) is 0 Å². The molecule has 0 bridgehead atoms. The predicted molar refractivity (Wildman–Crippen MR) is 81.0 cm³/mol. The summed E-state index contributed by atoms with van der Waals surface area (Å²) >= 11 is 0. The SMILES string of the molecule is CCCNc1ncnc(NCCn2cc(C)cn2)c1C. The fraction of sp³-hybridized carbons (Fsp3) is 0.500. The van der Waals surface area contributed by atoms with E-state index in [0.717, 1.165) is 43.3 Å². The van der Waals surface area contributed by atoms with Crippen LogP contribution >= 0.6 is 0 Å². The van der Waals surface area contributed by atoms with E-state index in [0.29, 0.717) is 0 Å². The summed E-state index contributed by atoms with van der Waals surface area (Å²) < 4.78 is 1.93. The molecule has 2 aromatic heterocycles. The second kappa shape index (κ2) is 6.88. The maximum Gasteiger partial charge on any atom is 0.134 e. The van der Waals surface area contributed by atoms with E-state index in [-0.39, 0.29) is 0 Å². The quantitative estimate of drug-likeness (QED) is 0.810. The van der Waals surface area contributed by atoms with Crippen LogP contribution in [0.15, 0.2) is 18.7 Å². The third-order valence-corrected chi connectivity index (χ3v) is 3.02. The monoisotopic (exact) mass is 274 g/mol. The molecule has 6 heteroatoms. The largest absolute Gasteiger partial charge is 0.370 e. The minimum Gasteiger partial charge on any atom is -0.370 e. The van der Waals surface area contributed by atoms with Crippen molar-refractivity contribution in [3.8, 4) is 0 Å². The van der Waals surface area contributed by atoms with E-state index < -0.39 is 0 Å². The molecule has 0 amide bonds. The summed E-state index contributed by atoms with van der Waals surface area (Å²) in [6.45, 7) is 8.72. The molecule has 20 heavy (non-hydrogen) atoms. The lowest BCUT2D eigenvalue weighted by molar-refractivity contribution is 0.636. The molecule has 0 aliphatic rings. The highest BCUT2D eigenvalue weighted by molar-refractivity contribution is 5.56. The van der Waals surface area contributed by atoms with Gasteiger partial charge in [-0.1, -0.05) is 6.92 Å². The molecule has 0 aliphatic carbocycles. The van der Waals surface area contributed by atoms with Gasteiger partial charge in [-0.3, -0.25) is 4.68 Å². The molecule has 0 saturated carbocycles. The lowest BCUT2D eigenvalue weighted by Crippen LogP contribution is -2.14. The van der Waals surface area contributed by atoms with Gasteiger partial charge in [0.05, 0.1) is 12.7 Å². The standard InChI is InChI=1S/C14H22N6/c1-4-5-15-13-12(3)14(18-10-17-13)16-6-7-20-9-11(2)8-19-20/h8-10H,4-7H2,1-3H3,(H2,15,16,17,18). The molecule has 6 nitrogen and oxygen atoms in total. The number of aryl methyl sites for hydroxylation is 1. The summed E-state index contributed by atoms with van der Waals surface area (Å²) in [4.78, 5) is 8.56. The third kappa shape index (κ3) is 3.69. The first-order valence-electron chi connectivity index (χ1n) is 6.99. The molecule has 0 saturated heterocycles. The lowest BCUT2D eigenvalue weighted by Gasteiger charge is -2.12. The summed E-state index contributed by atoms with van der Waals surface area (Å²) in [6.07, 6.45) is 6.56. The fourth-order valence-corrected chi connectivity index (χ4v) is 1.93. The molecule has 2 N–H and O–H groups in total. The van der Waals surface area contributed by atoms with Crippen LogP contribution in [0.3, 0.4) is 0 Å². The molecular formula is C14H22N6. The van der Waals surface area contributed by atoms with E-state index in [9.17, 15) is 0 Å². The van der Waals surface area contributed by atoms with Crippen molar-refractivity contribution in [1.29, 1.82) is 0 Å². The Morgan fingerprint density at radius 2 is 1.80 bits per heavy atom. The minimum absolute atomic E-state index is 0.784. The highest BCUT2D eigenvalue weighted by Crippen LogP contribution is 2.17. The fourth-order valence-electron chi connectivity index (χ4n) is 1.93. The van der Waals surface area contributed by atoms with Crippen LogP contribution in [0.1, 0.15) is 24.5 Å². The van der Waals surface area contributed by atoms with Gasteiger partial charge < -0.3 is 10.6 Å². The second-order valence-corrected chi connectivity index (χ2v) is 4.83. The maximum absolute atomic E-state index is 4.29. The first kappa shape index (κ1) is 14.3. The molecule has 0 aliphatic heterocycles. The van der Waals surface area contributed by atoms with Crippen molar-refractivity contribution in [1.82, 2.24) is 19.7 Å². The van der Waals surface area contributed by atoms with Crippen molar-refractivity contribution < 1.29 is 0 Å². The van der Waals surface area contributed by atoms with Crippen LogP contribution in [0.2, 0.25) is 0 Å². The highest BCUT2D eigenvalue weighted by atomic mass is 15.3. The molecule has 0 fully saturated rings. The van der Waals surface area contributed by atoms with E-state index in [1.165, 1.54) is 5.56 Å². The van der Waals surface area contributed by atoms with Crippen LogP contribution in [0, 0.1) is 13.8 Å². The molecular weight excluding hydrogens is 252 g/mol. The average Bonchev–Trinajstić information content (AvgIpc) is 2.85. The normalized spacial score (nSPS) is 10.6. The van der Waals surface area contributed by atoms with Crippen LogP contribution in [0.5, 0.6) is 0 Å². The van der Waals surface area contributed by atoms with E-state index in [4.69, 9.17) is 0 Å². The lowest BCUT2D eigenvalue weighted by atomic mass is 10.3. The molecule has 0 atom stereocenters. The molecule has 0 unspecified atom stereocenters. The Balaban J connectivity index is 1.92. The van der Waals surface area contributed by atoms with Crippen LogP contribution in [0.4, 0.5) is 11.6 Å². The summed E-state index contributed by atoms with van der Waals surface area (Å²) in [7, 11) is 0. The first-order valence-corrected chi connectivity index (χ1v) is 6.99. The van der Waals surface area contributed by atoms with E-state index in [1.54, 1.807) is 6.33 Å². The van der Waals surface area contributed by atoms with Crippen molar-refractivity contribution in [3.05, 3.63) is 29.8 Å². The minimum atomic E-state index is 0.784. The summed E-state index contributed by atoms with van der Waals surface area (Å²) in [6, 6.07) is 0. The Hall–Kier alpha value is -2.11. The zero-order chi connectivity index (χ0) is 14.4. The van der Waals surface area contributed by atoms with Gasteiger partial charge in [-0.25, -0.2) is 9.97 Å². The molecule has 0 spiro atoms. The molecule has 0 aromatic carbocycles. The van der Waals surface area contributed by atoms with Gasteiger partial charge in [0.15, 0.2) is 0 Å². The average molecular weight is 274 g/mol. The zero-order valence-electron chi connectivity index (χ0n) is 12.3. The Bertz CT molecular complexity index is 548. The van der Waals surface area contributed by atoms with Gasteiger partial charge in [-0.05, 0) is 25.8 Å². The van der Waals surface area contributed by atoms with Gasteiger partial charge in [-0.2, -0.15) is 5.10 Å².